The van der Waals surface area contributed by atoms with Crippen LogP contribution in [0.15, 0.2) is 36.7 Å². The zero-order valence-electron chi connectivity index (χ0n) is 12.1. The van der Waals surface area contributed by atoms with Gasteiger partial charge in [0.25, 0.3) is 0 Å². The molecule has 0 radical (unpaired) electrons. The molecule has 0 saturated carbocycles. The van der Waals surface area contributed by atoms with Gasteiger partial charge in [0, 0.05) is 29.6 Å². The topological polar surface area (TPSA) is 51.2 Å². The predicted molar refractivity (Wildman–Crippen MR) is 82.1 cm³/mol. The van der Waals surface area contributed by atoms with E-state index in [0.29, 0.717) is 17.9 Å². The van der Waals surface area contributed by atoms with Crippen molar-refractivity contribution >= 4 is 11.5 Å². The Bertz CT molecular complexity index is 668. The molecule has 1 N–H and O–H groups in total. The molecule has 0 bridgehead atoms. The number of hydrogen-bond donors (Lipinski definition) is 1. The van der Waals surface area contributed by atoms with Gasteiger partial charge in [0.15, 0.2) is 5.78 Å². The summed E-state index contributed by atoms with van der Waals surface area (Å²) in [7, 11) is 0. The highest BCUT2D eigenvalue weighted by molar-refractivity contribution is 6.10. The van der Waals surface area contributed by atoms with Gasteiger partial charge in [-0.2, -0.15) is 0 Å². The van der Waals surface area contributed by atoms with Gasteiger partial charge >= 0.3 is 0 Å². The Morgan fingerprint density at radius 3 is 3.14 bits per heavy atom. The van der Waals surface area contributed by atoms with Crippen LogP contribution >= 0.6 is 0 Å². The number of rotatable bonds is 4. The van der Waals surface area contributed by atoms with Crippen molar-refractivity contribution in [1.82, 2.24) is 4.98 Å². The smallest absolute Gasteiger partial charge is 0.195 e. The van der Waals surface area contributed by atoms with Crippen LogP contribution in [0.4, 0.5) is 5.69 Å². The number of ether oxygens (including phenoxy) is 1. The molecule has 2 aromatic rings. The van der Waals surface area contributed by atoms with Gasteiger partial charge in [-0.1, -0.05) is 12.1 Å². The lowest BCUT2D eigenvalue weighted by Crippen LogP contribution is -2.16. The molecule has 21 heavy (non-hydrogen) atoms. The molecule has 0 amide bonds. The predicted octanol–water partition coefficient (Wildman–Crippen LogP) is 3.07. The van der Waals surface area contributed by atoms with E-state index in [-0.39, 0.29) is 5.78 Å². The summed E-state index contributed by atoms with van der Waals surface area (Å²) in [6.07, 6.45) is 5.21. The van der Waals surface area contributed by atoms with Crippen LogP contribution in [0.2, 0.25) is 0 Å². The molecule has 0 aliphatic carbocycles. The Kier molecular flexibility index (Phi) is 3.86. The zero-order chi connectivity index (χ0) is 14.7. The molecule has 3 rings (SSSR count). The molecule has 0 atom stereocenters. The van der Waals surface area contributed by atoms with Crippen molar-refractivity contribution in [2.75, 3.05) is 18.5 Å². The van der Waals surface area contributed by atoms with E-state index in [1.54, 1.807) is 18.5 Å². The van der Waals surface area contributed by atoms with Crippen molar-refractivity contribution in [2.24, 2.45) is 0 Å². The number of benzene rings is 1. The fraction of sp³-hybridized carbons (Fsp3) is 0.294. The lowest BCUT2D eigenvalue weighted by Gasteiger charge is -2.20. The van der Waals surface area contributed by atoms with E-state index in [9.17, 15) is 4.79 Å². The maximum absolute atomic E-state index is 12.8. The number of carbonyl (C=O) groups is 1. The Morgan fingerprint density at radius 1 is 1.38 bits per heavy atom. The van der Waals surface area contributed by atoms with Gasteiger partial charge in [0.1, 0.15) is 5.75 Å². The molecule has 2 heterocycles. The Balaban J connectivity index is 1.97. The van der Waals surface area contributed by atoms with E-state index < -0.39 is 0 Å². The first-order valence-corrected chi connectivity index (χ1v) is 7.28. The number of nitrogens with zero attached hydrogens (tertiary/aromatic N) is 1. The van der Waals surface area contributed by atoms with E-state index in [2.05, 4.69) is 10.3 Å². The highest BCUT2D eigenvalue weighted by Gasteiger charge is 2.19. The standard InChI is InChI=1S/C17H18N2O2/c1-2-21-13-9-12(10-18-11-13)17(20)15-5-3-7-16-14(15)6-4-8-19-16/h3,5,7,9-11,19H,2,4,6,8H2,1H3. The largest absolute Gasteiger partial charge is 0.492 e. The Morgan fingerprint density at radius 2 is 2.29 bits per heavy atom. The molecular weight excluding hydrogens is 264 g/mol. The van der Waals surface area contributed by atoms with Gasteiger partial charge in [-0.25, -0.2) is 0 Å². The molecule has 1 aromatic carbocycles. The fourth-order valence-corrected chi connectivity index (χ4v) is 2.67. The maximum atomic E-state index is 12.8. The molecule has 0 saturated heterocycles. The summed E-state index contributed by atoms with van der Waals surface area (Å²) >= 11 is 0. The number of hydrogen-bond acceptors (Lipinski definition) is 4. The average molecular weight is 282 g/mol. The lowest BCUT2D eigenvalue weighted by atomic mass is 9.93. The van der Waals surface area contributed by atoms with Crippen molar-refractivity contribution in [3.05, 3.63) is 53.3 Å². The van der Waals surface area contributed by atoms with Gasteiger partial charge in [-0.3, -0.25) is 9.78 Å². The summed E-state index contributed by atoms with van der Waals surface area (Å²) in [4.78, 5) is 16.9. The van der Waals surface area contributed by atoms with Crippen molar-refractivity contribution in [3.63, 3.8) is 0 Å². The number of anilines is 1. The van der Waals surface area contributed by atoms with Crippen LogP contribution in [0.25, 0.3) is 0 Å². The number of pyridine rings is 1. The van der Waals surface area contributed by atoms with Crippen molar-refractivity contribution in [3.8, 4) is 5.75 Å². The normalized spacial score (nSPS) is 13.2. The molecule has 0 unspecified atom stereocenters. The van der Waals surface area contributed by atoms with E-state index in [1.807, 2.05) is 25.1 Å². The summed E-state index contributed by atoms with van der Waals surface area (Å²) in [5, 5.41) is 3.35. The Labute approximate surface area is 124 Å². The summed E-state index contributed by atoms with van der Waals surface area (Å²) in [5.74, 6) is 0.635. The number of nitrogens with one attached hydrogen (secondary N) is 1. The fourth-order valence-electron chi connectivity index (χ4n) is 2.67. The first-order chi connectivity index (χ1) is 10.3. The van der Waals surface area contributed by atoms with Gasteiger partial charge in [0.05, 0.1) is 12.8 Å². The summed E-state index contributed by atoms with van der Waals surface area (Å²) in [5.41, 5.74) is 3.51. The molecule has 0 spiro atoms. The second-order valence-electron chi connectivity index (χ2n) is 5.03. The summed E-state index contributed by atoms with van der Waals surface area (Å²) < 4.78 is 5.42. The highest BCUT2D eigenvalue weighted by atomic mass is 16.5. The molecule has 1 aromatic heterocycles. The van der Waals surface area contributed by atoms with Gasteiger partial charge in [-0.15, -0.1) is 0 Å². The average Bonchev–Trinajstić information content (AvgIpc) is 2.54. The van der Waals surface area contributed by atoms with Gasteiger partial charge in [-0.05, 0) is 37.5 Å². The monoisotopic (exact) mass is 282 g/mol. The summed E-state index contributed by atoms with van der Waals surface area (Å²) in [6.45, 7) is 3.43. The minimum atomic E-state index is 0.00426. The zero-order valence-corrected chi connectivity index (χ0v) is 12.1. The number of ketones is 1. The minimum Gasteiger partial charge on any atom is -0.492 e. The molecule has 0 fully saturated rings. The van der Waals surface area contributed by atoms with Crippen LogP contribution in [-0.4, -0.2) is 23.9 Å². The number of carbonyl (C=O) groups excluding carboxylic acids is 1. The number of fused-ring (bicyclic) bond motifs is 1. The van der Waals surface area contributed by atoms with Gasteiger partial charge < -0.3 is 10.1 Å². The van der Waals surface area contributed by atoms with Crippen LogP contribution in [-0.2, 0) is 6.42 Å². The van der Waals surface area contributed by atoms with Crippen molar-refractivity contribution < 1.29 is 9.53 Å². The van der Waals surface area contributed by atoms with Crippen LogP contribution in [0, 0.1) is 0 Å². The molecule has 4 heteroatoms. The second-order valence-corrected chi connectivity index (χ2v) is 5.03. The van der Waals surface area contributed by atoms with E-state index in [0.717, 1.165) is 36.2 Å². The van der Waals surface area contributed by atoms with E-state index in [4.69, 9.17) is 4.74 Å². The van der Waals surface area contributed by atoms with Crippen LogP contribution in [0.1, 0.15) is 34.8 Å². The van der Waals surface area contributed by atoms with Crippen LogP contribution in [0.5, 0.6) is 5.75 Å². The van der Waals surface area contributed by atoms with E-state index >= 15 is 0 Å². The second kappa shape index (κ2) is 5.95. The molecule has 108 valence electrons. The highest BCUT2D eigenvalue weighted by Crippen LogP contribution is 2.27. The third-order valence-corrected chi connectivity index (χ3v) is 3.63. The Hall–Kier alpha value is -2.36. The molecular formula is C17H18N2O2. The summed E-state index contributed by atoms with van der Waals surface area (Å²) in [6, 6.07) is 7.60. The molecule has 4 nitrogen and oxygen atoms in total. The van der Waals surface area contributed by atoms with Crippen molar-refractivity contribution in [2.45, 2.75) is 19.8 Å². The minimum absolute atomic E-state index is 0.00426. The van der Waals surface area contributed by atoms with Crippen LogP contribution < -0.4 is 10.1 Å². The first kappa shape index (κ1) is 13.6. The van der Waals surface area contributed by atoms with E-state index in [1.165, 1.54) is 0 Å². The third-order valence-electron chi connectivity index (χ3n) is 3.63. The lowest BCUT2D eigenvalue weighted by molar-refractivity contribution is 0.103. The molecule has 1 aliphatic rings. The van der Waals surface area contributed by atoms with Gasteiger partial charge in [0.2, 0.25) is 0 Å². The van der Waals surface area contributed by atoms with Crippen molar-refractivity contribution in [1.29, 1.82) is 0 Å². The maximum Gasteiger partial charge on any atom is 0.195 e. The first-order valence-electron chi connectivity index (χ1n) is 7.28. The quantitative estimate of drug-likeness (QED) is 0.876. The SMILES string of the molecule is CCOc1cncc(C(=O)c2cccc3c2CCCN3)c1. The molecule has 1 aliphatic heterocycles. The number of aromatic nitrogens is 1. The third kappa shape index (κ3) is 2.75. The van der Waals surface area contributed by atoms with Crippen LogP contribution in [0.3, 0.4) is 0 Å².